The van der Waals surface area contributed by atoms with Gasteiger partial charge in [-0.3, -0.25) is 0 Å². The van der Waals surface area contributed by atoms with E-state index in [1.165, 1.54) is 24.4 Å². The van der Waals surface area contributed by atoms with E-state index in [4.69, 9.17) is 16.0 Å². The average molecular weight is 278 g/mol. The van der Waals surface area contributed by atoms with Crippen LogP contribution in [0.5, 0.6) is 5.75 Å². The molecule has 0 aliphatic carbocycles. The standard InChI is InChI=1S/C11H7ClF3NO2/c12-5-10-16-6-9(17-10)7-2-1-3-8(4-7)18-11(13,14)15/h1-4,6H,5H2. The molecule has 18 heavy (non-hydrogen) atoms. The molecule has 0 fully saturated rings. The Morgan fingerprint density at radius 1 is 1.33 bits per heavy atom. The SMILES string of the molecule is FC(F)(F)Oc1cccc(-c2cnc(CCl)o2)c1. The van der Waals surface area contributed by atoms with E-state index in [0.717, 1.165) is 0 Å². The van der Waals surface area contributed by atoms with E-state index >= 15 is 0 Å². The van der Waals surface area contributed by atoms with Gasteiger partial charge in [0.15, 0.2) is 5.76 Å². The van der Waals surface area contributed by atoms with Gasteiger partial charge < -0.3 is 9.15 Å². The topological polar surface area (TPSA) is 35.3 Å². The zero-order valence-corrected chi connectivity index (χ0v) is 9.63. The molecular formula is C11H7ClF3NO2. The first-order chi connectivity index (χ1) is 8.48. The van der Waals surface area contributed by atoms with Crippen LogP contribution in [0.25, 0.3) is 11.3 Å². The number of aromatic nitrogens is 1. The molecule has 0 spiro atoms. The highest BCUT2D eigenvalue weighted by Gasteiger charge is 2.31. The molecule has 0 saturated heterocycles. The fourth-order valence-corrected chi connectivity index (χ4v) is 1.48. The zero-order chi connectivity index (χ0) is 13.2. The summed E-state index contributed by atoms with van der Waals surface area (Å²) in [5, 5.41) is 0. The summed E-state index contributed by atoms with van der Waals surface area (Å²) < 4.78 is 45.2. The number of hydrogen-bond acceptors (Lipinski definition) is 3. The van der Waals surface area contributed by atoms with Crippen molar-refractivity contribution in [1.29, 1.82) is 0 Å². The summed E-state index contributed by atoms with van der Waals surface area (Å²) in [4.78, 5) is 3.85. The van der Waals surface area contributed by atoms with Crippen LogP contribution in [-0.4, -0.2) is 11.3 Å². The Labute approximate surface area is 105 Å². The number of nitrogens with zero attached hydrogens (tertiary/aromatic N) is 1. The predicted molar refractivity (Wildman–Crippen MR) is 58.2 cm³/mol. The molecular weight excluding hydrogens is 271 g/mol. The lowest BCUT2D eigenvalue weighted by Crippen LogP contribution is -2.17. The van der Waals surface area contributed by atoms with Gasteiger partial charge in [0.05, 0.1) is 12.1 Å². The number of halogens is 4. The fourth-order valence-electron chi connectivity index (χ4n) is 1.35. The maximum Gasteiger partial charge on any atom is 0.573 e. The van der Waals surface area contributed by atoms with Crippen LogP contribution < -0.4 is 4.74 Å². The Kier molecular flexibility index (Phi) is 3.47. The third-order valence-electron chi connectivity index (χ3n) is 2.02. The van der Waals surface area contributed by atoms with E-state index in [9.17, 15) is 13.2 Å². The van der Waals surface area contributed by atoms with E-state index in [1.807, 2.05) is 0 Å². The molecule has 0 amide bonds. The Morgan fingerprint density at radius 3 is 2.72 bits per heavy atom. The lowest BCUT2D eigenvalue weighted by molar-refractivity contribution is -0.274. The van der Waals surface area contributed by atoms with Crippen molar-refractivity contribution in [2.24, 2.45) is 0 Å². The van der Waals surface area contributed by atoms with E-state index in [1.54, 1.807) is 6.07 Å². The summed E-state index contributed by atoms with van der Waals surface area (Å²) in [5.41, 5.74) is 0.431. The van der Waals surface area contributed by atoms with Gasteiger partial charge in [0.1, 0.15) is 5.75 Å². The van der Waals surface area contributed by atoms with Crippen molar-refractivity contribution in [3.8, 4) is 17.1 Å². The van der Waals surface area contributed by atoms with Crippen molar-refractivity contribution in [1.82, 2.24) is 4.98 Å². The number of ether oxygens (including phenoxy) is 1. The molecule has 0 aliphatic heterocycles. The molecule has 7 heteroatoms. The summed E-state index contributed by atoms with van der Waals surface area (Å²) in [6.07, 6.45) is -3.33. The third kappa shape index (κ3) is 3.16. The van der Waals surface area contributed by atoms with E-state index < -0.39 is 6.36 Å². The van der Waals surface area contributed by atoms with Gasteiger partial charge in [-0.15, -0.1) is 24.8 Å². The molecule has 1 aromatic carbocycles. The van der Waals surface area contributed by atoms with Crippen LogP contribution in [0.1, 0.15) is 5.89 Å². The van der Waals surface area contributed by atoms with Gasteiger partial charge >= 0.3 is 6.36 Å². The molecule has 0 unspecified atom stereocenters. The molecule has 2 rings (SSSR count). The maximum atomic E-state index is 12.1. The Bertz CT molecular complexity index is 539. The summed E-state index contributed by atoms with van der Waals surface area (Å²) in [7, 11) is 0. The first-order valence-corrected chi connectivity index (χ1v) is 5.38. The smallest absolute Gasteiger partial charge is 0.439 e. The number of hydrogen-bond donors (Lipinski definition) is 0. The van der Waals surface area contributed by atoms with Crippen molar-refractivity contribution in [2.45, 2.75) is 12.2 Å². The zero-order valence-electron chi connectivity index (χ0n) is 8.87. The molecule has 0 N–H and O–H groups in total. The van der Waals surface area contributed by atoms with E-state index in [2.05, 4.69) is 9.72 Å². The van der Waals surface area contributed by atoms with Crippen LogP contribution in [-0.2, 0) is 5.88 Å². The first kappa shape index (κ1) is 12.8. The van der Waals surface area contributed by atoms with Crippen molar-refractivity contribution in [3.05, 3.63) is 36.4 Å². The van der Waals surface area contributed by atoms with Gasteiger partial charge in [-0.25, -0.2) is 4.98 Å². The quantitative estimate of drug-likeness (QED) is 0.796. The summed E-state index contributed by atoms with van der Waals surface area (Å²) in [5.74, 6) is 0.412. The molecule has 0 aliphatic rings. The van der Waals surface area contributed by atoms with Gasteiger partial charge in [0, 0.05) is 5.56 Å². The molecule has 1 heterocycles. The van der Waals surface area contributed by atoms with Crippen LogP contribution >= 0.6 is 11.6 Å². The van der Waals surface area contributed by atoms with Gasteiger partial charge in [-0.2, -0.15) is 0 Å². The largest absolute Gasteiger partial charge is 0.573 e. The highest BCUT2D eigenvalue weighted by Crippen LogP contribution is 2.28. The normalized spacial score (nSPS) is 11.6. The van der Waals surface area contributed by atoms with Crippen LogP contribution in [0.4, 0.5) is 13.2 Å². The molecule has 1 aromatic heterocycles. The molecule has 2 aromatic rings. The number of oxazole rings is 1. The van der Waals surface area contributed by atoms with Crippen LogP contribution in [0.3, 0.4) is 0 Å². The van der Waals surface area contributed by atoms with Gasteiger partial charge in [0.2, 0.25) is 5.89 Å². The van der Waals surface area contributed by atoms with Crippen LogP contribution in [0.2, 0.25) is 0 Å². The first-order valence-electron chi connectivity index (χ1n) is 4.85. The van der Waals surface area contributed by atoms with Crippen molar-refractivity contribution in [3.63, 3.8) is 0 Å². The lowest BCUT2D eigenvalue weighted by atomic mass is 10.2. The number of rotatable bonds is 3. The van der Waals surface area contributed by atoms with Crippen LogP contribution in [0, 0.1) is 0 Å². The Balaban J connectivity index is 2.26. The molecule has 0 radical (unpaired) electrons. The Hall–Kier alpha value is -1.69. The summed E-state index contributed by atoms with van der Waals surface area (Å²) >= 11 is 5.52. The van der Waals surface area contributed by atoms with Crippen molar-refractivity contribution in [2.75, 3.05) is 0 Å². The van der Waals surface area contributed by atoms with E-state index in [-0.39, 0.29) is 11.6 Å². The van der Waals surface area contributed by atoms with Crippen molar-refractivity contribution < 1.29 is 22.3 Å². The highest BCUT2D eigenvalue weighted by atomic mass is 35.5. The number of benzene rings is 1. The van der Waals surface area contributed by atoms with Crippen LogP contribution in [0.15, 0.2) is 34.9 Å². The maximum absolute atomic E-state index is 12.1. The third-order valence-corrected chi connectivity index (χ3v) is 2.25. The van der Waals surface area contributed by atoms with Gasteiger partial charge in [0.25, 0.3) is 0 Å². The molecule has 0 atom stereocenters. The second-order valence-corrected chi connectivity index (χ2v) is 3.59. The lowest BCUT2D eigenvalue weighted by Gasteiger charge is -2.09. The van der Waals surface area contributed by atoms with Gasteiger partial charge in [-0.05, 0) is 12.1 Å². The fraction of sp³-hybridized carbons (Fsp3) is 0.182. The molecule has 0 bridgehead atoms. The minimum Gasteiger partial charge on any atom is -0.439 e. The predicted octanol–water partition coefficient (Wildman–Crippen LogP) is 3.98. The molecule has 96 valence electrons. The minimum atomic E-state index is -4.72. The monoisotopic (exact) mass is 277 g/mol. The van der Waals surface area contributed by atoms with E-state index in [0.29, 0.717) is 17.2 Å². The minimum absolute atomic E-state index is 0.0960. The summed E-state index contributed by atoms with van der Waals surface area (Å²) in [6, 6.07) is 5.43. The Morgan fingerprint density at radius 2 is 2.11 bits per heavy atom. The highest BCUT2D eigenvalue weighted by molar-refractivity contribution is 6.16. The number of alkyl halides is 4. The molecule has 3 nitrogen and oxygen atoms in total. The van der Waals surface area contributed by atoms with Gasteiger partial charge in [-0.1, -0.05) is 12.1 Å². The summed E-state index contributed by atoms with van der Waals surface area (Å²) in [6.45, 7) is 0. The van der Waals surface area contributed by atoms with Crippen molar-refractivity contribution >= 4 is 11.6 Å². The molecule has 0 saturated carbocycles. The second-order valence-electron chi connectivity index (χ2n) is 3.33. The average Bonchev–Trinajstić information content (AvgIpc) is 2.75. The second kappa shape index (κ2) is 4.89.